The fraction of sp³-hybridized carbons (Fsp3) is 0.379. The molecule has 2 aliphatic rings. The number of H-pyrrole nitrogens is 1. The fourth-order valence-electron chi connectivity index (χ4n) is 5.38. The van der Waals surface area contributed by atoms with Crippen molar-refractivity contribution in [2.24, 2.45) is 0 Å². The van der Waals surface area contributed by atoms with Crippen LogP contribution in [0.5, 0.6) is 0 Å². The van der Waals surface area contributed by atoms with Gasteiger partial charge in [0.1, 0.15) is 18.1 Å². The average Bonchev–Trinajstić information content (AvgIpc) is 3.58. The Bertz CT molecular complexity index is 1320. The Balaban J connectivity index is 1.43. The molecule has 3 aromatic rings. The van der Waals surface area contributed by atoms with Crippen molar-refractivity contribution in [1.82, 2.24) is 25.8 Å². The number of hydrogen-bond donors (Lipinski definition) is 4. The van der Waals surface area contributed by atoms with Crippen molar-refractivity contribution in [2.75, 3.05) is 13.1 Å². The number of hydrogen-bond acceptors (Lipinski definition) is 4. The first-order valence-electron chi connectivity index (χ1n) is 13.3. The van der Waals surface area contributed by atoms with Crippen LogP contribution in [0.2, 0.25) is 0 Å². The van der Waals surface area contributed by atoms with Crippen LogP contribution in [0.15, 0.2) is 60.8 Å². The number of benzene rings is 2. The smallest absolute Gasteiger partial charge is 0.243 e. The molecular formula is C29H33N5O4. The first-order chi connectivity index (χ1) is 18.5. The minimum absolute atomic E-state index is 0.103. The lowest BCUT2D eigenvalue weighted by atomic mass is 10.0. The zero-order valence-corrected chi connectivity index (χ0v) is 21.2. The van der Waals surface area contributed by atoms with E-state index in [9.17, 15) is 19.2 Å². The van der Waals surface area contributed by atoms with Gasteiger partial charge in [-0.2, -0.15) is 0 Å². The molecule has 2 aromatic carbocycles. The lowest BCUT2D eigenvalue weighted by Gasteiger charge is -2.28. The number of fused-ring (bicyclic) bond motifs is 2. The summed E-state index contributed by atoms with van der Waals surface area (Å²) in [7, 11) is 0. The van der Waals surface area contributed by atoms with Crippen molar-refractivity contribution >= 4 is 34.5 Å². The van der Waals surface area contributed by atoms with E-state index in [4.69, 9.17) is 0 Å². The van der Waals surface area contributed by atoms with Crippen molar-refractivity contribution in [3.05, 3.63) is 71.9 Å². The lowest BCUT2D eigenvalue weighted by Crippen LogP contribution is -2.57. The number of para-hydroxylation sites is 1. The molecule has 2 fully saturated rings. The molecule has 9 nitrogen and oxygen atoms in total. The van der Waals surface area contributed by atoms with Crippen LogP contribution in [0.4, 0.5) is 0 Å². The molecule has 3 atom stereocenters. The largest absolute Gasteiger partial charge is 0.361 e. The van der Waals surface area contributed by atoms with Gasteiger partial charge in [-0.1, -0.05) is 48.5 Å². The number of carbonyl (C=O) groups excluding carboxylic acids is 4. The molecule has 0 unspecified atom stereocenters. The van der Waals surface area contributed by atoms with Crippen molar-refractivity contribution in [2.45, 2.75) is 56.7 Å². The van der Waals surface area contributed by atoms with E-state index in [-0.39, 0.29) is 37.0 Å². The molecule has 0 aliphatic carbocycles. The molecule has 4 N–H and O–H groups in total. The number of nitrogens with zero attached hydrogens (tertiary/aromatic N) is 1. The normalized spacial score (nSPS) is 23.4. The molecule has 0 radical (unpaired) electrons. The molecule has 2 aliphatic heterocycles. The molecule has 3 heterocycles. The maximum absolute atomic E-state index is 13.6. The number of aromatic amines is 1. The van der Waals surface area contributed by atoms with Crippen LogP contribution in [0, 0.1) is 0 Å². The maximum Gasteiger partial charge on any atom is 0.243 e. The van der Waals surface area contributed by atoms with Gasteiger partial charge in [0.05, 0.1) is 0 Å². The summed E-state index contributed by atoms with van der Waals surface area (Å²) in [6, 6.07) is 14.9. The second kappa shape index (κ2) is 11.5. The predicted molar refractivity (Wildman–Crippen MR) is 143 cm³/mol. The van der Waals surface area contributed by atoms with E-state index in [1.165, 1.54) is 0 Å². The number of nitrogens with one attached hydrogen (secondary N) is 4. The highest BCUT2D eigenvalue weighted by atomic mass is 16.2. The molecular weight excluding hydrogens is 482 g/mol. The van der Waals surface area contributed by atoms with Crippen molar-refractivity contribution in [1.29, 1.82) is 0 Å². The summed E-state index contributed by atoms with van der Waals surface area (Å²) < 4.78 is 0. The average molecular weight is 516 g/mol. The summed E-state index contributed by atoms with van der Waals surface area (Å²) in [5.74, 6) is -1.19. The predicted octanol–water partition coefficient (Wildman–Crippen LogP) is 1.82. The Morgan fingerprint density at radius 2 is 1.53 bits per heavy atom. The van der Waals surface area contributed by atoms with Crippen LogP contribution in [0.1, 0.15) is 36.8 Å². The van der Waals surface area contributed by atoms with E-state index in [2.05, 4.69) is 20.9 Å². The van der Waals surface area contributed by atoms with Crippen LogP contribution in [0.25, 0.3) is 10.9 Å². The van der Waals surface area contributed by atoms with E-state index in [1.54, 1.807) is 4.90 Å². The van der Waals surface area contributed by atoms with Gasteiger partial charge in [0, 0.05) is 49.5 Å². The summed E-state index contributed by atoms with van der Waals surface area (Å²) in [6.45, 7) is 0.828. The molecule has 198 valence electrons. The molecule has 5 rings (SSSR count). The summed E-state index contributed by atoms with van der Waals surface area (Å²) in [6.07, 6.45) is 4.41. The molecule has 38 heavy (non-hydrogen) atoms. The number of amides is 4. The molecule has 0 saturated carbocycles. The quantitative estimate of drug-likeness (QED) is 0.423. The highest BCUT2D eigenvalue weighted by Gasteiger charge is 2.36. The zero-order chi connectivity index (χ0) is 26.5. The third-order valence-electron chi connectivity index (χ3n) is 7.39. The minimum atomic E-state index is -0.899. The summed E-state index contributed by atoms with van der Waals surface area (Å²) >= 11 is 0. The maximum atomic E-state index is 13.6. The Labute approximate surface area is 221 Å². The molecule has 0 bridgehead atoms. The first kappa shape index (κ1) is 25.5. The van der Waals surface area contributed by atoms with Gasteiger partial charge in [-0.05, 0) is 36.5 Å². The van der Waals surface area contributed by atoms with E-state index in [1.807, 2.05) is 60.8 Å². The summed E-state index contributed by atoms with van der Waals surface area (Å²) in [5, 5.41) is 9.71. The second-order valence-corrected chi connectivity index (χ2v) is 10.0. The topological polar surface area (TPSA) is 123 Å². The van der Waals surface area contributed by atoms with Crippen molar-refractivity contribution in [3.8, 4) is 0 Å². The Hall–Kier alpha value is -4.14. The van der Waals surface area contributed by atoms with Gasteiger partial charge in [0.15, 0.2) is 0 Å². The molecule has 2 saturated heterocycles. The van der Waals surface area contributed by atoms with Crippen molar-refractivity contribution in [3.63, 3.8) is 0 Å². The van der Waals surface area contributed by atoms with E-state index in [0.717, 1.165) is 28.5 Å². The number of aromatic nitrogens is 1. The Kier molecular flexibility index (Phi) is 7.72. The second-order valence-electron chi connectivity index (χ2n) is 10.0. The summed E-state index contributed by atoms with van der Waals surface area (Å²) in [5.41, 5.74) is 2.73. The van der Waals surface area contributed by atoms with Gasteiger partial charge in [-0.15, -0.1) is 0 Å². The lowest BCUT2D eigenvalue weighted by molar-refractivity contribution is -0.140. The van der Waals surface area contributed by atoms with E-state index < -0.39 is 24.0 Å². The Morgan fingerprint density at radius 3 is 2.37 bits per heavy atom. The fourth-order valence-corrected chi connectivity index (χ4v) is 5.38. The number of rotatable bonds is 4. The van der Waals surface area contributed by atoms with E-state index >= 15 is 0 Å². The third-order valence-corrected chi connectivity index (χ3v) is 7.39. The highest BCUT2D eigenvalue weighted by Crippen LogP contribution is 2.21. The van der Waals surface area contributed by atoms with Crippen LogP contribution < -0.4 is 16.0 Å². The van der Waals surface area contributed by atoms with Crippen LogP contribution in [0.3, 0.4) is 0 Å². The van der Waals surface area contributed by atoms with Crippen molar-refractivity contribution < 1.29 is 19.2 Å². The monoisotopic (exact) mass is 515 g/mol. The molecule has 4 amide bonds. The molecule has 1 aromatic heterocycles. The van der Waals surface area contributed by atoms with Gasteiger partial charge < -0.3 is 25.8 Å². The van der Waals surface area contributed by atoms with Crippen LogP contribution >= 0.6 is 0 Å². The van der Waals surface area contributed by atoms with Gasteiger partial charge in [0.2, 0.25) is 23.6 Å². The van der Waals surface area contributed by atoms with Gasteiger partial charge in [-0.3, -0.25) is 19.2 Å². The van der Waals surface area contributed by atoms with Gasteiger partial charge in [-0.25, -0.2) is 0 Å². The summed E-state index contributed by atoms with van der Waals surface area (Å²) in [4.78, 5) is 58.0. The molecule has 0 spiro atoms. The van der Waals surface area contributed by atoms with Gasteiger partial charge in [0.25, 0.3) is 0 Å². The minimum Gasteiger partial charge on any atom is -0.361 e. The first-order valence-corrected chi connectivity index (χ1v) is 13.3. The Morgan fingerprint density at radius 1 is 0.789 bits per heavy atom. The highest BCUT2D eigenvalue weighted by molar-refractivity contribution is 5.95. The molecule has 9 heteroatoms. The van der Waals surface area contributed by atoms with Crippen LogP contribution in [-0.4, -0.2) is 64.7 Å². The third kappa shape index (κ3) is 5.72. The standard InChI is InChI=1S/C29H33N5O4/c35-26-13-6-14-30-27(36)24(17-20-18-31-22-11-5-4-10-21(20)22)32-28(37)23(16-19-8-2-1-3-9-19)33-29(38)25-12-7-15-34(25)26/h1-5,8-11,18,23-25,31H,6-7,12-17H2,(H,30,36)(H,32,37)(H,33,38)/t23-,24-,25+/m0/s1. The van der Waals surface area contributed by atoms with E-state index in [0.29, 0.717) is 25.9 Å². The zero-order valence-electron chi connectivity index (χ0n) is 21.2. The number of carbonyl (C=O) groups is 4. The van der Waals surface area contributed by atoms with Gasteiger partial charge >= 0.3 is 0 Å². The van der Waals surface area contributed by atoms with Crippen LogP contribution in [-0.2, 0) is 32.0 Å². The SMILES string of the molecule is O=C1NCCCC(=O)N2CCC[C@@H]2C(=O)N[C@@H](Cc2ccccc2)C(=O)N[C@H]1Cc1c[nH]c2ccccc12.